The Morgan fingerprint density at radius 2 is 2.00 bits per heavy atom. The van der Waals surface area contributed by atoms with Crippen LogP contribution in [0, 0.1) is 11.7 Å². The first kappa shape index (κ1) is 16.2. The van der Waals surface area contributed by atoms with E-state index in [1.54, 1.807) is 18.2 Å². The number of nitrogens with zero attached hydrogens (tertiary/aromatic N) is 3. The second kappa shape index (κ2) is 6.34. The minimum absolute atomic E-state index is 0.0788. The first-order chi connectivity index (χ1) is 13.2. The third kappa shape index (κ3) is 3.03. The van der Waals surface area contributed by atoms with Crippen molar-refractivity contribution in [2.45, 2.75) is 18.6 Å². The molecule has 9 heteroatoms. The molecule has 1 aromatic heterocycles. The van der Waals surface area contributed by atoms with Crippen LogP contribution in [0.2, 0.25) is 0 Å². The molecule has 3 aliphatic heterocycles. The number of carbonyl (C=O) groups excluding carboxylic acids is 1. The number of halogens is 1. The van der Waals surface area contributed by atoms with Crippen molar-refractivity contribution >= 4 is 17.5 Å². The Bertz CT molecular complexity index is 878. The second-order valence-corrected chi connectivity index (χ2v) is 6.80. The van der Waals surface area contributed by atoms with Gasteiger partial charge in [0.05, 0.1) is 30.5 Å². The fraction of sp³-hybridized carbons (Fsp3) is 0.389. The number of rotatable bonds is 3. The molecule has 1 N–H and O–H groups in total. The van der Waals surface area contributed by atoms with E-state index in [1.807, 2.05) is 4.90 Å². The van der Waals surface area contributed by atoms with Gasteiger partial charge in [-0.15, -0.1) is 0 Å². The number of hydrogen-bond acceptors (Lipinski definition) is 7. The van der Waals surface area contributed by atoms with Crippen molar-refractivity contribution < 1.29 is 23.4 Å². The number of amides is 1. The Morgan fingerprint density at radius 1 is 1.19 bits per heavy atom. The van der Waals surface area contributed by atoms with Crippen molar-refractivity contribution in [2.75, 3.05) is 30.1 Å². The van der Waals surface area contributed by atoms with E-state index >= 15 is 0 Å². The minimum Gasteiger partial charge on any atom is -0.454 e. The summed E-state index contributed by atoms with van der Waals surface area (Å²) in [5, 5.41) is 2.93. The summed E-state index contributed by atoms with van der Waals surface area (Å²) in [5.41, 5.74) is 0.657. The average molecular weight is 372 g/mol. The predicted octanol–water partition coefficient (Wildman–Crippen LogP) is 1.58. The van der Waals surface area contributed by atoms with Gasteiger partial charge in [-0.1, -0.05) is 0 Å². The monoisotopic (exact) mass is 372 g/mol. The van der Waals surface area contributed by atoms with Crippen molar-refractivity contribution in [2.24, 2.45) is 5.92 Å². The fourth-order valence-electron chi connectivity index (χ4n) is 3.78. The molecular weight excluding hydrogens is 355 g/mol. The van der Waals surface area contributed by atoms with Gasteiger partial charge in [-0.2, -0.15) is 0 Å². The van der Waals surface area contributed by atoms with Gasteiger partial charge in [0, 0.05) is 24.8 Å². The van der Waals surface area contributed by atoms with E-state index in [0.717, 1.165) is 12.4 Å². The lowest BCUT2D eigenvalue weighted by Crippen LogP contribution is -2.45. The zero-order chi connectivity index (χ0) is 18.4. The molecule has 1 amide bonds. The van der Waals surface area contributed by atoms with Gasteiger partial charge in [0.25, 0.3) is 0 Å². The zero-order valence-corrected chi connectivity index (χ0v) is 14.3. The molecular formula is C18H17FN4O4. The van der Waals surface area contributed by atoms with Crippen LogP contribution in [0.5, 0.6) is 11.5 Å². The van der Waals surface area contributed by atoms with E-state index in [-0.39, 0.29) is 30.8 Å². The molecule has 8 nitrogen and oxygen atoms in total. The van der Waals surface area contributed by atoms with Crippen LogP contribution < -0.4 is 19.7 Å². The summed E-state index contributed by atoms with van der Waals surface area (Å²) in [7, 11) is 0. The normalized spacial score (nSPS) is 25.5. The highest BCUT2D eigenvalue weighted by molar-refractivity contribution is 5.93. The van der Waals surface area contributed by atoms with Crippen LogP contribution in [0.4, 0.5) is 16.0 Å². The lowest BCUT2D eigenvalue weighted by molar-refractivity contribution is -0.121. The van der Waals surface area contributed by atoms with Gasteiger partial charge in [0.15, 0.2) is 17.3 Å². The number of hydrogen-bond donors (Lipinski definition) is 1. The zero-order valence-electron chi connectivity index (χ0n) is 14.3. The van der Waals surface area contributed by atoms with Crippen molar-refractivity contribution in [3.05, 3.63) is 36.4 Å². The Kier molecular flexibility index (Phi) is 3.82. The molecule has 2 saturated heterocycles. The highest BCUT2D eigenvalue weighted by Crippen LogP contribution is 2.36. The van der Waals surface area contributed by atoms with E-state index in [2.05, 4.69) is 15.3 Å². The molecule has 0 unspecified atom stereocenters. The molecule has 4 heterocycles. The van der Waals surface area contributed by atoms with Crippen LogP contribution in [0.3, 0.4) is 0 Å². The van der Waals surface area contributed by atoms with Crippen LogP contribution >= 0.6 is 0 Å². The second-order valence-electron chi connectivity index (χ2n) is 6.80. The highest BCUT2D eigenvalue weighted by Gasteiger charge is 2.45. The summed E-state index contributed by atoms with van der Waals surface area (Å²) >= 11 is 0. The number of anilines is 2. The Labute approximate surface area is 154 Å². The largest absolute Gasteiger partial charge is 0.454 e. The first-order valence-corrected chi connectivity index (χ1v) is 8.74. The minimum atomic E-state index is -0.476. The maximum atomic E-state index is 13.0. The summed E-state index contributed by atoms with van der Waals surface area (Å²) in [6, 6.07) is 5.31. The van der Waals surface area contributed by atoms with Crippen molar-refractivity contribution in [3.63, 3.8) is 0 Å². The van der Waals surface area contributed by atoms with Gasteiger partial charge in [-0.05, 0) is 18.6 Å². The molecule has 3 aliphatic rings. The van der Waals surface area contributed by atoms with E-state index < -0.39 is 5.82 Å². The molecule has 1 aromatic carbocycles. The Balaban J connectivity index is 1.27. The Morgan fingerprint density at radius 3 is 2.85 bits per heavy atom. The summed E-state index contributed by atoms with van der Waals surface area (Å²) in [6.07, 6.45) is 2.57. The van der Waals surface area contributed by atoms with Crippen LogP contribution in [0.25, 0.3) is 0 Å². The highest BCUT2D eigenvalue weighted by atomic mass is 19.1. The van der Waals surface area contributed by atoms with Gasteiger partial charge in [-0.25, -0.2) is 14.4 Å². The number of nitrogens with one attached hydrogen (secondary N) is 1. The van der Waals surface area contributed by atoms with Crippen molar-refractivity contribution in [3.8, 4) is 11.5 Å². The van der Waals surface area contributed by atoms with Gasteiger partial charge in [0.2, 0.25) is 18.6 Å². The average Bonchev–Trinajstić information content (AvgIpc) is 3.25. The fourth-order valence-corrected chi connectivity index (χ4v) is 3.78. The lowest BCUT2D eigenvalue weighted by Gasteiger charge is -2.32. The van der Waals surface area contributed by atoms with Crippen LogP contribution in [0.15, 0.2) is 30.6 Å². The molecule has 2 bridgehead atoms. The number of morpholine rings is 1. The Hall–Kier alpha value is -2.94. The van der Waals surface area contributed by atoms with Gasteiger partial charge >= 0.3 is 0 Å². The third-order valence-electron chi connectivity index (χ3n) is 5.02. The maximum absolute atomic E-state index is 13.0. The van der Waals surface area contributed by atoms with E-state index in [4.69, 9.17) is 14.2 Å². The summed E-state index contributed by atoms with van der Waals surface area (Å²) in [5.74, 6) is 0.897. The first-order valence-electron chi connectivity index (χ1n) is 8.74. The molecule has 27 heavy (non-hydrogen) atoms. The van der Waals surface area contributed by atoms with Crippen LogP contribution in [-0.2, 0) is 9.53 Å². The number of benzene rings is 1. The SMILES string of the molecule is O=C(Nc1ccc2c(c1)OCO2)[C@H]1C[C@@H]2CN(c3ncc(F)cn3)C[C@H]1O2. The topological polar surface area (TPSA) is 85.8 Å². The molecule has 0 saturated carbocycles. The molecule has 3 atom stereocenters. The predicted molar refractivity (Wildman–Crippen MR) is 92.2 cm³/mol. The van der Waals surface area contributed by atoms with Crippen molar-refractivity contribution in [1.82, 2.24) is 9.97 Å². The molecule has 140 valence electrons. The number of carbonyl (C=O) groups is 1. The number of ether oxygens (including phenoxy) is 3. The maximum Gasteiger partial charge on any atom is 0.231 e. The van der Waals surface area contributed by atoms with E-state index in [0.29, 0.717) is 42.6 Å². The summed E-state index contributed by atoms with van der Waals surface area (Å²) in [6.45, 7) is 1.26. The number of aromatic nitrogens is 2. The number of fused-ring (bicyclic) bond motifs is 3. The molecule has 5 rings (SSSR count). The van der Waals surface area contributed by atoms with Gasteiger partial charge < -0.3 is 24.4 Å². The third-order valence-corrected chi connectivity index (χ3v) is 5.02. The molecule has 0 aliphatic carbocycles. The summed E-state index contributed by atoms with van der Waals surface area (Å²) < 4.78 is 29.6. The molecule has 0 spiro atoms. The van der Waals surface area contributed by atoms with Gasteiger partial charge in [-0.3, -0.25) is 4.79 Å². The smallest absolute Gasteiger partial charge is 0.231 e. The van der Waals surface area contributed by atoms with Crippen LogP contribution in [0.1, 0.15) is 6.42 Å². The molecule has 0 radical (unpaired) electrons. The van der Waals surface area contributed by atoms with Crippen LogP contribution in [-0.4, -0.2) is 48.0 Å². The molecule has 2 aromatic rings. The lowest BCUT2D eigenvalue weighted by atomic mass is 9.99. The van der Waals surface area contributed by atoms with E-state index in [1.165, 1.54) is 0 Å². The summed E-state index contributed by atoms with van der Waals surface area (Å²) in [4.78, 5) is 22.8. The van der Waals surface area contributed by atoms with Crippen molar-refractivity contribution in [1.29, 1.82) is 0 Å². The quantitative estimate of drug-likeness (QED) is 0.875. The van der Waals surface area contributed by atoms with E-state index in [9.17, 15) is 9.18 Å². The van der Waals surface area contributed by atoms with Gasteiger partial charge in [0.1, 0.15) is 0 Å². The standard InChI is InChI=1S/C18H17FN4O4/c19-10-5-20-18(21-6-10)23-7-12-4-13(16(8-23)27-12)17(24)22-11-1-2-14-15(3-11)26-9-25-14/h1-3,5-6,12-13,16H,4,7-9H2,(H,22,24)/t12-,13+,16-/m1/s1. The molecule has 2 fully saturated rings.